The Labute approximate surface area is 203 Å². The van der Waals surface area contributed by atoms with Crippen molar-refractivity contribution >= 4 is 18.0 Å². The molecule has 1 unspecified atom stereocenters. The number of rotatable bonds is 7. The van der Waals surface area contributed by atoms with E-state index < -0.39 is 17.7 Å². The molecule has 1 aliphatic heterocycles. The molecule has 1 atom stereocenters. The standard InChI is InChI=1S/C25H41N5O4/c1-3-24(4-2)11-7-19(8-12-24)17-20(21(31)29-25(18-26)9-5-6-10-25)27-22(28-23(32)33)30-13-15-34-16-14-30/h19-20H,3-17H2,1-2H3,(H,27,28)(H,29,31)(H,32,33). The highest BCUT2D eigenvalue weighted by atomic mass is 16.5. The Morgan fingerprint density at radius 3 is 2.29 bits per heavy atom. The van der Waals surface area contributed by atoms with Crippen molar-refractivity contribution in [1.82, 2.24) is 15.5 Å². The number of nitrogens with zero attached hydrogens (tertiary/aromatic N) is 3. The highest BCUT2D eigenvalue weighted by Crippen LogP contribution is 2.45. The quantitative estimate of drug-likeness (QED) is 0.381. The summed E-state index contributed by atoms with van der Waals surface area (Å²) < 4.78 is 5.40. The fourth-order valence-electron chi connectivity index (χ4n) is 5.79. The minimum atomic E-state index is -1.21. The zero-order valence-corrected chi connectivity index (χ0v) is 20.8. The lowest BCUT2D eigenvalue weighted by atomic mass is 9.66. The number of nitrogens with one attached hydrogen (secondary N) is 2. The summed E-state index contributed by atoms with van der Waals surface area (Å²) in [6.07, 6.45) is 9.21. The molecular formula is C25H41N5O4. The van der Waals surface area contributed by atoms with Crippen LogP contribution in [-0.2, 0) is 9.53 Å². The van der Waals surface area contributed by atoms with Crippen LogP contribution in [0.4, 0.5) is 4.79 Å². The Morgan fingerprint density at radius 2 is 1.76 bits per heavy atom. The van der Waals surface area contributed by atoms with Gasteiger partial charge in [-0.25, -0.2) is 9.79 Å². The maximum absolute atomic E-state index is 13.5. The number of morpholine rings is 1. The molecule has 0 aromatic heterocycles. The van der Waals surface area contributed by atoms with E-state index in [1.807, 2.05) is 4.90 Å². The molecule has 0 bridgehead atoms. The number of carbonyl (C=O) groups excluding carboxylic acids is 1. The van der Waals surface area contributed by atoms with Crippen LogP contribution >= 0.6 is 0 Å². The van der Waals surface area contributed by atoms with Crippen LogP contribution in [0.15, 0.2) is 4.99 Å². The highest BCUT2D eigenvalue weighted by molar-refractivity contribution is 5.95. The molecule has 3 rings (SSSR count). The number of carbonyl (C=O) groups is 2. The van der Waals surface area contributed by atoms with E-state index in [1.54, 1.807) is 0 Å². The summed E-state index contributed by atoms with van der Waals surface area (Å²) in [4.78, 5) is 31.5. The van der Waals surface area contributed by atoms with Crippen molar-refractivity contribution < 1.29 is 19.4 Å². The van der Waals surface area contributed by atoms with Crippen LogP contribution in [-0.4, -0.2) is 65.9 Å². The molecular weight excluding hydrogens is 434 g/mol. The summed E-state index contributed by atoms with van der Waals surface area (Å²) >= 11 is 0. The van der Waals surface area contributed by atoms with E-state index in [1.165, 1.54) is 12.8 Å². The van der Waals surface area contributed by atoms with Crippen LogP contribution in [0, 0.1) is 22.7 Å². The van der Waals surface area contributed by atoms with Gasteiger partial charge in [-0.1, -0.05) is 26.7 Å². The smallest absolute Gasteiger partial charge is 0.411 e. The summed E-state index contributed by atoms with van der Waals surface area (Å²) in [5.74, 6) is 0.271. The number of nitriles is 1. The van der Waals surface area contributed by atoms with Crippen molar-refractivity contribution in [3.63, 3.8) is 0 Å². The van der Waals surface area contributed by atoms with Crippen molar-refractivity contribution in [2.75, 3.05) is 26.3 Å². The lowest BCUT2D eigenvalue weighted by Crippen LogP contribution is -2.52. The van der Waals surface area contributed by atoms with Gasteiger partial charge in [0.1, 0.15) is 11.6 Å². The predicted molar refractivity (Wildman–Crippen MR) is 129 cm³/mol. The average molecular weight is 476 g/mol. The van der Waals surface area contributed by atoms with Crippen molar-refractivity contribution in [2.45, 2.75) is 96.1 Å². The van der Waals surface area contributed by atoms with Gasteiger partial charge in [-0.2, -0.15) is 5.26 Å². The third-order valence-corrected chi connectivity index (χ3v) is 8.37. The van der Waals surface area contributed by atoms with E-state index in [9.17, 15) is 20.0 Å². The van der Waals surface area contributed by atoms with E-state index >= 15 is 0 Å². The first kappa shape index (κ1) is 26.3. The Balaban J connectivity index is 1.81. The first-order valence-corrected chi connectivity index (χ1v) is 13.0. The summed E-state index contributed by atoms with van der Waals surface area (Å²) in [7, 11) is 0. The van der Waals surface area contributed by atoms with Gasteiger partial charge < -0.3 is 20.1 Å². The van der Waals surface area contributed by atoms with Gasteiger partial charge in [0.2, 0.25) is 11.9 Å². The molecule has 9 nitrogen and oxygen atoms in total. The largest absolute Gasteiger partial charge is 0.465 e. The van der Waals surface area contributed by atoms with Gasteiger partial charge in [0, 0.05) is 13.1 Å². The molecule has 0 aromatic carbocycles. The SMILES string of the molecule is CCC1(CC)CCC(CC(N=C(NC(=O)O)N2CCOCC2)C(=O)NC2(C#N)CCCC2)CC1. The van der Waals surface area contributed by atoms with Crippen LogP contribution in [0.2, 0.25) is 0 Å². The van der Waals surface area contributed by atoms with E-state index in [4.69, 9.17) is 9.73 Å². The van der Waals surface area contributed by atoms with Crippen LogP contribution in [0.3, 0.4) is 0 Å². The maximum Gasteiger partial charge on any atom is 0.411 e. The van der Waals surface area contributed by atoms with Gasteiger partial charge in [0.15, 0.2) is 0 Å². The molecule has 190 valence electrons. The topological polar surface area (TPSA) is 127 Å². The molecule has 0 spiro atoms. The van der Waals surface area contributed by atoms with Crippen molar-refractivity contribution in [2.24, 2.45) is 16.3 Å². The zero-order valence-electron chi connectivity index (χ0n) is 20.8. The molecule has 9 heteroatoms. The van der Waals surface area contributed by atoms with Gasteiger partial charge >= 0.3 is 6.09 Å². The molecule has 3 fully saturated rings. The van der Waals surface area contributed by atoms with Crippen molar-refractivity contribution in [3.05, 3.63) is 0 Å². The molecule has 1 saturated heterocycles. The Hall–Kier alpha value is -2.34. The second-order valence-corrected chi connectivity index (χ2v) is 10.3. The lowest BCUT2D eigenvalue weighted by Gasteiger charge is -2.40. The first-order valence-electron chi connectivity index (χ1n) is 13.0. The third kappa shape index (κ3) is 6.62. The fourth-order valence-corrected chi connectivity index (χ4v) is 5.79. The van der Waals surface area contributed by atoms with Crippen molar-refractivity contribution in [1.29, 1.82) is 5.26 Å². The number of amides is 2. The van der Waals surface area contributed by atoms with Gasteiger partial charge in [-0.15, -0.1) is 0 Å². The monoisotopic (exact) mass is 475 g/mol. The highest BCUT2D eigenvalue weighted by Gasteiger charge is 2.39. The molecule has 0 aromatic rings. The normalized spacial score (nSPS) is 23.7. The lowest BCUT2D eigenvalue weighted by molar-refractivity contribution is -0.124. The summed E-state index contributed by atoms with van der Waals surface area (Å²) in [6.45, 7) is 6.50. The summed E-state index contributed by atoms with van der Waals surface area (Å²) in [5, 5.41) is 24.6. The minimum absolute atomic E-state index is 0.195. The van der Waals surface area contributed by atoms with Gasteiger partial charge in [-0.05, 0) is 69.1 Å². The molecule has 2 amide bonds. The molecule has 34 heavy (non-hydrogen) atoms. The molecule has 2 saturated carbocycles. The second kappa shape index (κ2) is 11.9. The first-order chi connectivity index (χ1) is 16.3. The number of hydrogen-bond acceptors (Lipinski definition) is 5. The molecule has 0 radical (unpaired) electrons. The van der Waals surface area contributed by atoms with Crippen LogP contribution in [0.5, 0.6) is 0 Å². The third-order valence-electron chi connectivity index (χ3n) is 8.37. The second-order valence-electron chi connectivity index (χ2n) is 10.3. The Morgan fingerprint density at radius 1 is 1.15 bits per heavy atom. The Kier molecular flexibility index (Phi) is 9.17. The fraction of sp³-hybridized carbons (Fsp3) is 0.840. The average Bonchev–Trinajstić information content (AvgIpc) is 3.33. The van der Waals surface area contributed by atoms with E-state index in [-0.39, 0.29) is 11.9 Å². The predicted octanol–water partition coefficient (Wildman–Crippen LogP) is 3.65. The van der Waals surface area contributed by atoms with E-state index in [0.29, 0.717) is 56.9 Å². The number of aliphatic imine (C=N–C) groups is 1. The van der Waals surface area contributed by atoms with Crippen LogP contribution < -0.4 is 10.6 Å². The van der Waals surface area contributed by atoms with Gasteiger partial charge in [-0.3, -0.25) is 10.1 Å². The van der Waals surface area contributed by atoms with Crippen LogP contribution in [0.1, 0.15) is 84.5 Å². The van der Waals surface area contributed by atoms with Gasteiger partial charge in [0.05, 0.1) is 19.3 Å². The van der Waals surface area contributed by atoms with E-state index in [0.717, 1.165) is 38.5 Å². The maximum atomic E-state index is 13.5. The van der Waals surface area contributed by atoms with E-state index in [2.05, 4.69) is 30.6 Å². The molecule has 1 heterocycles. The molecule has 2 aliphatic carbocycles. The van der Waals surface area contributed by atoms with Crippen LogP contribution in [0.25, 0.3) is 0 Å². The number of ether oxygens (including phenoxy) is 1. The number of guanidine groups is 1. The molecule has 3 N–H and O–H groups in total. The molecule has 3 aliphatic rings. The summed E-state index contributed by atoms with van der Waals surface area (Å²) in [6, 6.07) is 1.59. The zero-order chi connectivity index (χ0) is 24.6. The minimum Gasteiger partial charge on any atom is -0.465 e. The van der Waals surface area contributed by atoms with Gasteiger partial charge in [0.25, 0.3) is 0 Å². The number of hydrogen-bond donors (Lipinski definition) is 3. The summed E-state index contributed by atoms with van der Waals surface area (Å²) in [5.41, 5.74) is -0.438. The van der Waals surface area contributed by atoms with Crippen molar-refractivity contribution in [3.8, 4) is 6.07 Å². The number of carboxylic acid groups (broad SMARTS) is 1. The Bertz CT molecular complexity index is 767.